The number of nitrogens with zero attached hydrogens (tertiary/aromatic N) is 3. The molecule has 0 saturated carbocycles. The SMILES string of the molecule is CC[C@H](C)[C@H](NC(=O)[C@H](CCCN=C(N)N)NC(=O)[C@@H](N)CCCN=C(N)N)C(=O)N[C@@H](CC(N)=O)C(=O)N[C@@H](CCCN=C(N)N)C(=O)N[C@@H](CCC(N)=O)C(=O)O. The summed E-state index contributed by atoms with van der Waals surface area (Å²) < 4.78 is 0. The Bertz CT molecular complexity index is 1530. The van der Waals surface area contributed by atoms with E-state index in [-0.39, 0.29) is 82.5 Å². The van der Waals surface area contributed by atoms with Crippen molar-refractivity contribution in [2.45, 2.75) is 114 Å². The van der Waals surface area contributed by atoms with Gasteiger partial charge in [0.2, 0.25) is 41.4 Å². The maximum Gasteiger partial charge on any atom is 0.326 e. The first-order chi connectivity index (χ1) is 27.6. The first-order valence-electron chi connectivity index (χ1n) is 18.8. The number of hydrogen-bond donors (Lipinski definition) is 15. The van der Waals surface area contributed by atoms with Gasteiger partial charge in [-0.15, -0.1) is 0 Å². The Morgan fingerprint density at radius 3 is 1.36 bits per heavy atom. The summed E-state index contributed by atoms with van der Waals surface area (Å²) in [7, 11) is 0. The second kappa shape index (κ2) is 28.0. The van der Waals surface area contributed by atoms with Crippen LogP contribution in [-0.2, 0) is 38.4 Å². The molecule has 0 radical (unpaired) electrons. The van der Waals surface area contributed by atoms with E-state index in [1.54, 1.807) is 13.8 Å². The number of guanidine groups is 3. The molecule has 59 heavy (non-hydrogen) atoms. The molecule has 0 unspecified atom stereocenters. The van der Waals surface area contributed by atoms with Crippen molar-refractivity contribution in [2.75, 3.05) is 19.6 Å². The highest BCUT2D eigenvalue weighted by molar-refractivity contribution is 5.98. The minimum atomic E-state index is -1.70. The van der Waals surface area contributed by atoms with Crippen LogP contribution in [0.25, 0.3) is 0 Å². The van der Waals surface area contributed by atoms with E-state index in [2.05, 4.69) is 41.6 Å². The number of carbonyl (C=O) groups is 8. The van der Waals surface area contributed by atoms with Crippen LogP contribution in [0.2, 0.25) is 0 Å². The number of nitrogens with two attached hydrogens (primary N) is 9. The minimum Gasteiger partial charge on any atom is -0.480 e. The Hall–Kier alpha value is -6.47. The largest absolute Gasteiger partial charge is 0.480 e. The molecule has 0 aromatic heterocycles. The fourth-order valence-electron chi connectivity index (χ4n) is 5.19. The van der Waals surface area contributed by atoms with Gasteiger partial charge in [0, 0.05) is 26.1 Å². The van der Waals surface area contributed by atoms with Gasteiger partial charge < -0.3 is 83.3 Å². The van der Waals surface area contributed by atoms with Gasteiger partial charge in [0.25, 0.3) is 0 Å². The number of carboxylic acids is 1. The van der Waals surface area contributed by atoms with Crippen molar-refractivity contribution in [3.05, 3.63) is 0 Å². The monoisotopic (exact) mass is 841 g/mol. The fourth-order valence-corrected chi connectivity index (χ4v) is 5.19. The highest BCUT2D eigenvalue weighted by Crippen LogP contribution is 2.12. The number of aliphatic carboxylic acids is 1. The molecule has 26 heteroatoms. The van der Waals surface area contributed by atoms with Crippen molar-refractivity contribution in [1.82, 2.24) is 26.6 Å². The van der Waals surface area contributed by atoms with Crippen LogP contribution in [0.5, 0.6) is 0 Å². The number of rotatable bonds is 30. The van der Waals surface area contributed by atoms with Gasteiger partial charge in [-0.2, -0.15) is 0 Å². The molecule has 0 bridgehead atoms. The predicted octanol–water partition coefficient (Wildman–Crippen LogP) is -6.83. The third kappa shape index (κ3) is 23.4. The van der Waals surface area contributed by atoms with Gasteiger partial charge >= 0.3 is 5.97 Å². The Morgan fingerprint density at radius 2 is 0.932 bits per heavy atom. The number of carboxylic acid groups (broad SMARTS) is 1. The summed E-state index contributed by atoms with van der Waals surface area (Å²) in [6.07, 6.45) is -0.485. The predicted molar refractivity (Wildman–Crippen MR) is 217 cm³/mol. The third-order valence-corrected chi connectivity index (χ3v) is 8.59. The van der Waals surface area contributed by atoms with Crippen molar-refractivity contribution in [3.8, 4) is 0 Å². The second-order valence-electron chi connectivity index (χ2n) is 13.6. The first kappa shape index (κ1) is 52.5. The highest BCUT2D eigenvalue weighted by atomic mass is 16.4. The molecule has 0 rings (SSSR count). The van der Waals surface area contributed by atoms with Gasteiger partial charge in [0.15, 0.2) is 17.9 Å². The van der Waals surface area contributed by atoms with Crippen LogP contribution in [-0.4, -0.2) is 126 Å². The Kier molecular flexibility index (Phi) is 24.9. The molecule has 7 atom stereocenters. The quantitative estimate of drug-likeness (QED) is 0.0182. The lowest BCUT2D eigenvalue weighted by Crippen LogP contribution is -2.60. The number of nitrogens with one attached hydrogen (secondary N) is 5. The molecule has 0 heterocycles. The van der Waals surface area contributed by atoms with Crippen LogP contribution in [0.3, 0.4) is 0 Å². The molecule has 24 N–H and O–H groups in total. The minimum absolute atomic E-state index is 0.00481. The lowest BCUT2D eigenvalue weighted by Gasteiger charge is -2.29. The van der Waals surface area contributed by atoms with Crippen LogP contribution in [0.1, 0.15) is 78.1 Å². The zero-order valence-corrected chi connectivity index (χ0v) is 33.5. The highest BCUT2D eigenvalue weighted by Gasteiger charge is 2.35. The molecule has 0 aromatic carbocycles. The van der Waals surface area contributed by atoms with Gasteiger partial charge in [-0.05, 0) is 50.9 Å². The summed E-state index contributed by atoms with van der Waals surface area (Å²) in [6, 6.07) is -8.37. The van der Waals surface area contributed by atoms with Crippen molar-refractivity contribution in [2.24, 2.45) is 72.5 Å². The first-order valence-corrected chi connectivity index (χ1v) is 18.8. The number of carbonyl (C=O) groups excluding carboxylic acids is 7. The van der Waals surface area contributed by atoms with E-state index < -0.39 is 95.9 Å². The average Bonchev–Trinajstić information content (AvgIpc) is 3.14. The maximum absolute atomic E-state index is 13.8. The summed E-state index contributed by atoms with van der Waals surface area (Å²) in [5.74, 6) is -8.96. The van der Waals surface area contributed by atoms with Gasteiger partial charge in [-0.3, -0.25) is 48.5 Å². The normalized spacial score (nSPS) is 14.2. The van der Waals surface area contributed by atoms with Crippen LogP contribution < -0.4 is 78.2 Å². The molecule has 0 saturated heterocycles. The Morgan fingerprint density at radius 1 is 0.525 bits per heavy atom. The summed E-state index contributed by atoms with van der Waals surface area (Å²) in [5, 5.41) is 21.8. The average molecular weight is 842 g/mol. The van der Waals surface area contributed by atoms with Crippen LogP contribution >= 0.6 is 0 Å². The molecule has 7 amide bonds. The number of primary amides is 2. The number of hydrogen-bond acceptors (Lipinski definition) is 12. The van der Waals surface area contributed by atoms with E-state index in [1.165, 1.54) is 0 Å². The van der Waals surface area contributed by atoms with Crippen molar-refractivity contribution in [1.29, 1.82) is 0 Å². The topological polar surface area (TPSA) is 488 Å². The zero-order chi connectivity index (χ0) is 45.2. The molecule has 0 fully saturated rings. The molecule has 26 nitrogen and oxygen atoms in total. The van der Waals surface area contributed by atoms with E-state index in [0.717, 1.165) is 0 Å². The van der Waals surface area contributed by atoms with Crippen LogP contribution in [0, 0.1) is 5.92 Å². The van der Waals surface area contributed by atoms with Gasteiger partial charge in [-0.1, -0.05) is 20.3 Å². The summed E-state index contributed by atoms with van der Waals surface area (Å²) in [6.45, 7) is 3.66. The zero-order valence-electron chi connectivity index (χ0n) is 33.5. The maximum atomic E-state index is 13.8. The number of aliphatic imine (C=N–C) groups is 3. The summed E-state index contributed by atoms with van der Waals surface area (Å²) in [4.78, 5) is 114. The summed E-state index contributed by atoms with van der Waals surface area (Å²) in [5.41, 5.74) is 48.7. The van der Waals surface area contributed by atoms with Gasteiger partial charge in [-0.25, -0.2) is 4.79 Å². The molecule has 0 aliphatic rings. The summed E-state index contributed by atoms with van der Waals surface area (Å²) >= 11 is 0. The Labute approximate surface area is 341 Å². The fraction of sp³-hybridized carbons (Fsp3) is 0.667. The van der Waals surface area contributed by atoms with E-state index >= 15 is 0 Å². The second-order valence-corrected chi connectivity index (χ2v) is 13.6. The van der Waals surface area contributed by atoms with E-state index in [1.807, 2.05) is 0 Å². The molecule has 0 aliphatic carbocycles. The van der Waals surface area contributed by atoms with Crippen molar-refractivity contribution >= 4 is 65.2 Å². The third-order valence-electron chi connectivity index (χ3n) is 8.59. The standard InChI is InChI=1S/C33H63N17O9/c1-3-16(2)24(50-27(55)19(9-6-14-45-33(41)42)46-25(53)17(34)7-4-12-43-31(37)38)29(57)49-21(15-23(36)52)28(56)47-18(8-5-13-44-32(39)40)26(54)48-20(30(58)59)10-11-22(35)51/h16-21,24H,3-15,34H2,1-2H3,(H2,35,51)(H2,36,52)(H,46,53)(H,47,56)(H,48,54)(H,49,57)(H,50,55)(H,58,59)(H4,37,38,43)(H4,39,40,44)(H4,41,42,45)/t16-,17-,18-,19-,20-,21-,24-/m0/s1. The van der Waals surface area contributed by atoms with E-state index in [4.69, 9.17) is 51.6 Å². The van der Waals surface area contributed by atoms with Crippen molar-refractivity contribution in [3.63, 3.8) is 0 Å². The molecular weight excluding hydrogens is 778 g/mol. The lowest BCUT2D eigenvalue weighted by molar-refractivity contribution is -0.143. The molecule has 0 aliphatic heterocycles. The molecule has 0 aromatic rings. The van der Waals surface area contributed by atoms with Crippen LogP contribution in [0.15, 0.2) is 15.0 Å². The molecule has 334 valence electrons. The van der Waals surface area contributed by atoms with Gasteiger partial charge in [0.05, 0.1) is 12.5 Å². The van der Waals surface area contributed by atoms with Crippen molar-refractivity contribution < 1.29 is 43.5 Å². The van der Waals surface area contributed by atoms with Crippen LogP contribution in [0.4, 0.5) is 0 Å². The molecular formula is C33H63N17O9. The van der Waals surface area contributed by atoms with E-state index in [0.29, 0.717) is 12.8 Å². The number of amides is 7. The van der Waals surface area contributed by atoms with E-state index in [9.17, 15) is 43.5 Å². The lowest BCUT2D eigenvalue weighted by atomic mass is 9.96. The van der Waals surface area contributed by atoms with Gasteiger partial charge in [0.1, 0.15) is 30.2 Å². The Balaban J connectivity index is 6.39. The smallest absolute Gasteiger partial charge is 0.326 e. The molecule has 0 spiro atoms.